The Bertz CT molecular complexity index is 768. The molecule has 106 valence electrons. The van der Waals surface area contributed by atoms with Crippen LogP contribution in [0.25, 0.3) is 0 Å². The molecule has 0 atom stereocenters. The second kappa shape index (κ2) is 5.29. The number of rotatable bonds is 3. The van der Waals surface area contributed by atoms with Gasteiger partial charge < -0.3 is 0 Å². The minimum atomic E-state index is -4.32. The summed E-state index contributed by atoms with van der Waals surface area (Å²) < 4.78 is 65.0. The van der Waals surface area contributed by atoms with Crippen LogP contribution in [0.3, 0.4) is 0 Å². The molecule has 1 aromatic carbocycles. The smallest absolute Gasteiger partial charge is 0.265 e. The number of benzene rings is 1. The van der Waals surface area contributed by atoms with Crippen LogP contribution in [-0.2, 0) is 10.0 Å². The molecule has 0 saturated heterocycles. The number of halogens is 4. The van der Waals surface area contributed by atoms with Gasteiger partial charge in [-0.25, -0.2) is 26.6 Å². The molecule has 0 amide bonds. The second-order valence-corrected chi connectivity index (χ2v) is 5.66. The first kappa shape index (κ1) is 14.6. The summed E-state index contributed by atoms with van der Waals surface area (Å²) in [5, 5.41) is -0.350. The summed E-state index contributed by atoms with van der Waals surface area (Å²) in [6.07, 6.45) is 1.25. The summed E-state index contributed by atoms with van der Waals surface area (Å²) >= 11 is 5.61. The maximum absolute atomic E-state index is 13.4. The van der Waals surface area contributed by atoms with E-state index < -0.39 is 38.1 Å². The first-order chi connectivity index (χ1) is 9.31. The van der Waals surface area contributed by atoms with E-state index in [1.54, 1.807) is 4.72 Å². The van der Waals surface area contributed by atoms with Gasteiger partial charge in [-0.15, -0.1) is 0 Å². The predicted molar refractivity (Wildman–Crippen MR) is 66.4 cm³/mol. The summed E-state index contributed by atoms with van der Waals surface area (Å²) in [6, 6.07) is 3.22. The molecule has 0 aliphatic carbocycles. The van der Waals surface area contributed by atoms with E-state index >= 15 is 0 Å². The third-order valence-electron chi connectivity index (χ3n) is 2.25. The molecule has 2 aromatic rings. The minimum absolute atomic E-state index is 0.296. The number of hydrogen-bond acceptors (Lipinski definition) is 3. The first-order valence-electron chi connectivity index (χ1n) is 5.09. The molecule has 0 unspecified atom stereocenters. The van der Waals surface area contributed by atoms with E-state index in [4.69, 9.17) is 11.6 Å². The first-order valence-corrected chi connectivity index (χ1v) is 6.95. The minimum Gasteiger partial charge on any atom is -0.276 e. The lowest BCUT2D eigenvalue weighted by molar-refractivity contribution is 0.498. The molecule has 20 heavy (non-hydrogen) atoms. The number of hydrogen-bond donors (Lipinski definition) is 1. The Labute approximate surface area is 117 Å². The van der Waals surface area contributed by atoms with Gasteiger partial charge in [0.25, 0.3) is 10.0 Å². The zero-order chi connectivity index (χ0) is 14.9. The van der Waals surface area contributed by atoms with E-state index in [1.165, 1.54) is 12.3 Å². The summed E-state index contributed by atoms with van der Waals surface area (Å²) in [5.74, 6) is -4.16. The van der Waals surface area contributed by atoms with Crippen LogP contribution in [0.2, 0.25) is 5.15 Å². The molecule has 0 bridgehead atoms. The van der Waals surface area contributed by atoms with E-state index in [0.29, 0.717) is 12.1 Å². The topological polar surface area (TPSA) is 59.1 Å². The van der Waals surface area contributed by atoms with Gasteiger partial charge in [0.2, 0.25) is 0 Å². The molecular weight excluding hydrogens is 317 g/mol. The highest BCUT2D eigenvalue weighted by Gasteiger charge is 2.21. The lowest BCUT2D eigenvalue weighted by atomic mass is 10.3. The number of pyridine rings is 1. The largest absolute Gasteiger partial charge is 0.276 e. The van der Waals surface area contributed by atoms with Crippen LogP contribution in [0.4, 0.5) is 18.9 Å². The Hall–Kier alpha value is -1.80. The van der Waals surface area contributed by atoms with Gasteiger partial charge in [0.05, 0.1) is 5.69 Å². The molecule has 9 heteroatoms. The second-order valence-electron chi connectivity index (χ2n) is 3.65. The van der Waals surface area contributed by atoms with Gasteiger partial charge in [-0.05, 0) is 12.1 Å². The van der Waals surface area contributed by atoms with Gasteiger partial charge in [0.1, 0.15) is 15.9 Å². The van der Waals surface area contributed by atoms with E-state index in [-0.39, 0.29) is 5.15 Å². The maximum atomic E-state index is 13.4. The van der Waals surface area contributed by atoms with E-state index in [9.17, 15) is 21.6 Å². The fourth-order valence-corrected chi connectivity index (χ4v) is 2.91. The quantitative estimate of drug-likeness (QED) is 0.698. The summed E-state index contributed by atoms with van der Waals surface area (Å²) in [4.78, 5) is 3.11. The van der Waals surface area contributed by atoms with Gasteiger partial charge >= 0.3 is 0 Å². The van der Waals surface area contributed by atoms with Crippen molar-refractivity contribution in [3.8, 4) is 0 Å². The number of sulfonamides is 1. The average molecular weight is 323 g/mol. The summed E-state index contributed by atoms with van der Waals surface area (Å²) in [6.45, 7) is 0. The SMILES string of the molecule is O=S(=O)(Nc1cc(F)cc(F)c1F)c1cccnc1Cl. The molecule has 1 aromatic heterocycles. The Morgan fingerprint density at radius 1 is 1.20 bits per heavy atom. The summed E-state index contributed by atoms with van der Waals surface area (Å²) in [7, 11) is -4.32. The zero-order valence-corrected chi connectivity index (χ0v) is 11.1. The Morgan fingerprint density at radius 3 is 2.55 bits per heavy atom. The fraction of sp³-hybridized carbons (Fsp3) is 0. The number of anilines is 1. The van der Waals surface area contributed by atoms with Crippen LogP contribution in [0.1, 0.15) is 0 Å². The van der Waals surface area contributed by atoms with E-state index in [2.05, 4.69) is 4.98 Å². The monoisotopic (exact) mass is 322 g/mol. The summed E-state index contributed by atoms with van der Waals surface area (Å²) in [5.41, 5.74) is -0.859. The molecule has 0 saturated carbocycles. The van der Waals surface area contributed by atoms with Crippen molar-refractivity contribution >= 4 is 27.3 Å². The molecule has 0 aliphatic rings. The Balaban J connectivity index is 2.47. The van der Waals surface area contributed by atoms with E-state index in [0.717, 1.165) is 6.07 Å². The number of nitrogens with one attached hydrogen (secondary N) is 1. The lowest BCUT2D eigenvalue weighted by Crippen LogP contribution is -2.15. The molecule has 0 fully saturated rings. The lowest BCUT2D eigenvalue weighted by Gasteiger charge is -2.10. The molecule has 1 N–H and O–H groups in total. The van der Waals surface area contributed by atoms with Crippen molar-refractivity contribution in [2.24, 2.45) is 0 Å². The van der Waals surface area contributed by atoms with Crippen molar-refractivity contribution in [1.82, 2.24) is 4.98 Å². The predicted octanol–water partition coefficient (Wildman–Crippen LogP) is 2.95. The van der Waals surface area contributed by atoms with Crippen LogP contribution < -0.4 is 4.72 Å². The average Bonchev–Trinajstić information content (AvgIpc) is 2.35. The third kappa shape index (κ3) is 2.86. The van der Waals surface area contributed by atoms with Crippen molar-refractivity contribution in [1.29, 1.82) is 0 Å². The normalized spacial score (nSPS) is 11.4. The Kier molecular flexibility index (Phi) is 3.87. The molecule has 0 radical (unpaired) electrons. The van der Waals surface area contributed by atoms with Crippen LogP contribution in [0, 0.1) is 17.5 Å². The van der Waals surface area contributed by atoms with E-state index in [1.807, 2.05) is 0 Å². The van der Waals surface area contributed by atoms with Crippen LogP contribution in [0.15, 0.2) is 35.4 Å². The van der Waals surface area contributed by atoms with Crippen LogP contribution in [0.5, 0.6) is 0 Å². The molecule has 4 nitrogen and oxygen atoms in total. The fourth-order valence-electron chi connectivity index (χ4n) is 1.40. The molecular formula is C11H6ClF3N2O2S. The van der Waals surface area contributed by atoms with Gasteiger partial charge in [-0.2, -0.15) is 0 Å². The molecule has 2 rings (SSSR count). The highest BCUT2D eigenvalue weighted by molar-refractivity contribution is 7.92. The van der Waals surface area contributed by atoms with Crippen LogP contribution in [-0.4, -0.2) is 13.4 Å². The number of nitrogens with zero attached hydrogens (tertiary/aromatic N) is 1. The maximum Gasteiger partial charge on any atom is 0.265 e. The van der Waals surface area contributed by atoms with Crippen molar-refractivity contribution in [3.63, 3.8) is 0 Å². The Morgan fingerprint density at radius 2 is 1.90 bits per heavy atom. The molecule has 0 aliphatic heterocycles. The van der Waals surface area contributed by atoms with Crippen molar-refractivity contribution in [3.05, 3.63) is 53.1 Å². The van der Waals surface area contributed by atoms with Gasteiger partial charge in [-0.3, -0.25) is 4.72 Å². The third-order valence-corrected chi connectivity index (χ3v) is 4.06. The molecule has 1 heterocycles. The highest BCUT2D eigenvalue weighted by Crippen LogP contribution is 2.25. The van der Waals surface area contributed by atoms with Crippen molar-refractivity contribution < 1.29 is 21.6 Å². The van der Waals surface area contributed by atoms with Gasteiger partial charge in [-0.1, -0.05) is 11.6 Å². The number of aromatic nitrogens is 1. The zero-order valence-electron chi connectivity index (χ0n) is 9.57. The van der Waals surface area contributed by atoms with Crippen LogP contribution >= 0.6 is 11.6 Å². The highest BCUT2D eigenvalue weighted by atomic mass is 35.5. The standard InChI is InChI=1S/C11H6ClF3N2O2S/c12-11-9(2-1-3-16-11)20(18,19)17-8-5-6(13)4-7(14)10(8)15/h1-5,17H. The van der Waals surface area contributed by atoms with Crippen molar-refractivity contribution in [2.75, 3.05) is 4.72 Å². The van der Waals surface area contributed by atoms with Gasteiger partial charge in [0.15, 0.2) is 11.6 Å². The molecule has 0 spiro atoms. The van der Waals surface area contributed by atoms with Crippen molar-refractivity contribution in [2.45, 2.75) is 4.90 Å². The van der Waals surface area contributed by atoms with Gasteiger partial charge in [0, 0.05) is 18.3 Å².